The molecule has 2 aromatic carbocycles. The predicted molar refractivity (Wildman–Crippen MR) is 207 cm³/mol. The molecule has 45 heavy (non-hydrogen) atoms. The summed E-state index contributed by atoms with van der Waals surface area (Å²) in [5.41, 5.74) is 8.40. The Morgan fingerprint density at radius 3 is 1.07 bits per heavy atom. The minimum atomic E-state index is -2.17. The van der Waals surface area contributed by atoms with E-state index in [1.807, 2.05) is 0 Å². The molecule has 2 aliphatic carbocycles. The van der Waals surface area contributed by atoms with Gasteiger partial charge in [0.05, 0.1) is 12.2 Å². The molecule has 0 spiro atoms. The third kappa shape index (κ3) is 6.63. The maximum atomic E-state index is 7.28. The van der Waals surface area contributed by atoms with Gasteiger partial charge in [-0.25, -0.2) is 0 Å². The van der Waals surface area contributed by atoms with Gasteiger partial charge in [0.1, 0.15) is 8.07 Å². The summed E-state index contributed by atoms with van der Waals surface area (Å²) < 4.78 is 14.6. The lowest BCUT2D eigenvalue weighted by atomic mass is 9.84. The van der Waals surface area contributed by atoms with E-state index in [9.17, 15) is 0 Å². The first kappa shape index (κ1) is 36.3. The van der Waals surface area contributed by atoms with Crippen molar-refractivity contribution in [2.45, 2.75) is 145 Å². The van der Waals surface area contributed by atoms with E-state index in [4.69, 9.17) is 8.85 Å². The van der Waals surface area contributed by atoms with Crippen LogP contribution < -0.4 is 10.4 Å². The first-order chi connectivity index (χ1) is 20.1. The van der Waals surface area contributed by atoms with E-state index in [1.165, 1.54) is 43.8 Å². The third-order valence-corrected chi connectivity index (χ3v) is 24.0. The second-order valence-electron chi connectivity index (χ2n) is 19.5. The van der Waals surface area contributed by atoms with Crippen molar-refractivity contribution in [3.63, 3.8) is 0 Å². The number of hydrogen-bond donors (Lipinski definition) is 0. The van der Waals surface area contributed by atoms with E-state index in [-0.39, 0.29) is 33.1 Å². The molecule has 0 saturated heterocycles. The fourth-order valence-corrected chi connectivity index (χ4v) is 11.9. The van der Waals surface area contributed by atoms with Gasteiger partial charge in [0.15, 0.2) is 16.6 Å². The van der Waals surface area contributed by atoms with E-state index >= 15 is 0 Å². The average molecular weight is 661 g/mol. The smallest absolute Gasteiger partial charge is 0.193 e. The van der Waals surface area contributed by atoms with Crippen LogP contribution in [0.3, 0.4) is 0 Å². The van der Waals surface area contributed by atoms with Crippen LogP contribution in [0.4, 0.5) is 0 Å². The summed E-state index contributed by atoms with van der Waals surface area (Å²) in [7, 11) is -6.20. The van der Waals surface area contributed by atoms with Gasteiger partial charge >= 0.3 is 0 Å². The van der Waals surface area contributed by atoms with Gasteiger partial charge in [0.2, 0.25) is 0 Å². The molecule has 2 aliphatic rings. The molecule has 248 valence electrons. The molecule has 0 amide bonds. The van der Waals surface area contributed by atoms with E-state index in [1.54, 1.807) is 0 Å². The molecule has 0 saturated carbocycles. The molecule has 2 aromatic rings. The standard InChI is InChI=1S/C40H64O2Si3/c1-37(2,3)31-25-29-27(35(31)41-44(15,16)39(7,8)9)21-19-23-33(29)43(13,14)34-24-20-22-28-30(34)26-32(38(4,5)6)36(28)42-45(17,18)40(10,11)12/h19-26,35-36H,1-18H3. The Hall–Kier alpha value is -1.51. The predicted octanol–water partition coefficient (Wildman–Crippen LogP) is 11.5. The molecule has 0 N–H and O–H groups in total. The van der Waals surface area contributed by atoms with Gasteiger partial charge < -0.3 is 8.85 Å². The van der Waals surface area contributed by atoms with Gasteiger partial charge in [-0.15, -0.1) is 0 Å². The van der Waals surface area contributed by atoms with Crippen LogP contribution in [-0.2, 0) is 8.85 Å². The highest BCUT2D eigenvalue weighted by atomic mass is 28.4. The zero-order valence-corrected chi connectivity index (χ0v) is 35.1. The van der Waals surface area contributed by atoms with Crippen molar-refractivity contribution >= 4 is 47.2 Å². The second-order valence-corrected chi connectivity index (χ2v) is 33.3. The molecular formula is C40H64O2Si3. The van der Waals surface area contributed by atoms with Crippen LogP contribution in [0.2, 0.25) is 49.4 Å². The van der Waals surface area contributed by atoms with Crippen LogP contribution in [0, 0.1) is 10.8 Å². The Labute approximate surface area is 280 Å². The van der Waals surface area contributed by atoms with Crippen LogP contribution >= 0.6 is 0 Å². The number of benzene rings is 2. The van der Waals surface area contributed by atoms with E-state index in [0.29, 0.717) is 0 Å². The van der Waals surface area contributed by atoms with Crippen LogP contribution in [0.5, 0.6) is 0 Å². The third-order valence-electron chi connectivity index (χ3n) is 11.5. The van der Waals surface area contributed by atoms with Crippen molar-refractivity contribution in [3.8, 4) is 0 Å². The highest BCUT2D eigenvalue weighted by Gasteiger charge is 2.47. The SMILES string of the molecule is CC(C)(C)C1=Cc2c(cccc2[Si](C)(C)c2cccc3c2C=C(C(C)(C)C)C3O[Si](C)(C)C(C)(C)C)C1O[Si](C)(C)C(C)(C)C. The van der Waals surface area contributed by atoms with Crippen LogP contribution in [0.25, 0.3) is 12.2 Å². The van der Waals surface area contributed by atoms with Crippen molar-refractivity contribution in [2.24, 2.45) is 10.8 Å². The molecule has 4 rings (SSSR count). The van der Waals surface area contributed by atoms with Crippen molar-refractivity contribution in [1.29, 1.82) is 0 Å². The summed E-state index contributed by atoms with van der Waals surface area (Å²) in [5.74, 6) is 0. The maximum Gasteiger partial charge on any atom is 0.193 e. The Morgan fingerprint density at radius 2 is 0.800 bits per heavy atom. The van der Waals surface area contributed by atoms with Crippen molar-refractivity contribution in [1.82, 2.24) is 0 Å². The molecule has 0 radical (unpaired) electrons. The molecule has 2 atom stereocenters. The van der Waals surface area contributed by atoms with Gasteiger partial charge in [-0.2, -0.15) is 0 Å². The topological polar surface area (TPSA) is 18.5 Å². The molecule has 0 aliphatic heterocycles. The molecule has 5 heteroatoms. The second kappa shape index (κ2) is 11.3. The molecule has 0 heterocycles. The lowest BCUT2D eigenvalue weighted by Crippen LogP contribution is -2.55. The number of rotatable bonds is 6. The minimum Gasteiger partial charge on any atom is -0.406 e. The molecular weight excluding hydrogens is 597 g/mol. The molecule has 2 nitrogen and oxygen atoms in total. The summed E-state index contributed by atoms with van der Waals surface area (Å²) in [5, 5.41) is 3.32. The lowest BCUT2D eigenvalue weighted by molar-refractivity contribution is 0.197. The molecule has 0 bridgehead atoms. The quantitative estimate of drug-likeness (QED) is 0.287. The van der Waals surface area contributed by atoms with Gasteiger partial charge in [0, 0.05) is 0 Å². The Morgan fingerprint density at radius 1 is 0.489 bits per heavy atom. The van der Waals surface area contributed by atoms with Crippen molar-refractivity contribution in [2.75, 3.05) is 0 Å². The molecule has 2 unspecified atom stereocenters. The summed E-state index contributed by atoms with van der Waals surface area (Å²) >= 11 is 0. The minimum absolute atomic E-state index is 0.0155. The van der Waals surface area contributed by atoms with Gasteiger partial charge in [0.25, 0.3) is 0 Å². The van der Waals surface area contributed by atoms with Gasteiger partial charge in [-0.3, -0.25) is 0 Å². The fourth-order valence-electron chi connectivity index (χ4n) is 6.39. The maximum absolute atomic E-state index is 7.28. The largest absolute Gasteiger partial charge is 0.406 e. The Balaban J connectivity index is 1.90. The van der Waals surface area contributed by atoms with Gasteiger partial charge in [-0.1, -0.05) is 145 Å². The fraction of sp³-hybridized carbons (Fsp3) is 0.600. The first-order valence-corrected chi connectivity index (χ1v) is 26.0. The van der Waals surface area contributed by atoms with Crippen LogP contribution in [-0.4, -0.2) is 24.7 Å². The Bertz CT molecular complexity index is 1400. The monoisotopic (exact) mass is 660 g/mol. The van der Waals surface area contributed by atoms with Crippen molar-refractivity contribution in [3.05, 3.63) is 69.8 Å². The molecule has 0 aromatic heterocycles. The first-order valence-electron chi connectivity index (χ1n) is 17.2. The zero-order chi connectivity index (χ0) is 34.3. The van der Waals surface area contributed by atoms with Crippen LogP contribution in [0.15, 0.2) is 47.5 Å². The highest BCUT2D eigenvalue weighted by Crippen LogP contribution is 2.51. The van der Waals surface area contributed by atoms with E-state index in [2.05, 4.69) is 171 Å². The summed E-state index contributed by atoms with van der Waals surface area (Å²) in [6, 6.07) is 14.1. The lowest BCUT2D eigenvalue weighted by Gasteiger charge is -2.41. The van der Waals surface area contributed by atoms with E-state index in [0.717, 1.165) is 0 Å². The van der Waals surface area contributed by atoms with Crippen molar-refractivity contribution < 1.29 is 8.85 Å². The highest BCUT2D eigenvalue weighted by molar-refractivity contribution is 7.01. The summed E-state index contributed by atoms with van der Waals surface area (Å²) in [6.45, 7) is 42.8. The normalized spacial score (nSPS) is 19.8. The summed E-state index contributed by atoms with van der Waals surface area (Å²) in [6.07, 6.45) is 5.06. The summed E-state index contributed by atoms with van der Waals surface area (Å²) in [4.78, 5) is 0. The number of fused-ring (bicyclic) bond motifs is 2. The number of hydrogen-bond acceptors (Lipinski definition) is 2. The zero-order valence-electron chi connectivity index (χ0n) is 32.1. The Kier molecular flexibility index (Phi) is 9.11. The van der Waals surface area contributed by atoms with Crippen LogP contribution in [0.1, 0.15) is 118 Å². The van der Waals surface area contributed by atoms with Gasteiger partial charge in [-0.05, 0) is 90.9 Å². The molecule has 0 fully saturated rings. The average Bonchev–Trinajstić information content (AvgIpc) is 3.40. The van der Waals surface area contributed by atoms with E-state index < -0.39 is 24.7 Å².